The van der Waals surface area contributed by atoms with Crippen LogP contribution in [0.4, 0.5) is 0 Å². The number of carbonyl (C=O) groups is 1. The first kappa shape index (κ1) is 9.26. The lowest BCUT2D eigenvalue weighted by Crippen LogP contribution is -2.31. The predicted octanol–water partition coefficient (Wildman–Crippen LogP) is 0.450. The van der Waals surface area contributed by atoms with E-state index in [0.717, 1.165) is 19.3 Å². The zero-order chi connectivity index (χ0) is 8.97. The first-order chi connectivity index (χ1) is 5.74. The van der Waals surface area contributed by atoms with E-state index in [-0.39, 0.29) is 17.9 Å². The van der Waals surface area contributed by atoms with Gasteiger partial charge in [0.05, 0.1) is 6.10 Å². The summed E-state index contributed by atoms with van der Waals surface area (Å²) in [6, 6.07) is 0. The molecule has 0 aromatic rings. The second-order valence-corrected chi connectivity index (χ2v) is 3.21. The Morgan fingerprint density at radius 3 is 2.92 bits per heavy atom. The SMILES string of the molecule is C=CC(=O)NC[C@H]1CCC[C@H]1O. The fourth-order valence-corrected chi connectivity index (χ4v) is 1.56. The van der Waals surface area contributed by atoms with Gasteiger partial charge in [0.1, 0.15) is 0 Å². The Morgan fingerprint density at radius 1 is 1.67 bits per heavy atom. The van der Waals surface area contributed by atoms with Gasteiger partial charge in [0, 0.05) is 12.5 Å². The molecule has 1 amide bonds. The highest BCUT2D eigenvalue weighted by Crippen LogP contribution is 2.24. The third kappa shape index (κ3) is 2.34. The Bertz CT molecular complexity index is 179. The molecule has 68 valence electrons. The van der Waals surface area contributed by atoms with Crippen molar-refractivity contribution in [2.24, 2.45) is 5.92 Å². The second-order valence-electron chi connectivity index (χ2n) is 3.21. The molecule has 0 unspecified atom stereocenters. The number of aliphatic hydroxyl groups is 1. The van der Waals surface area contributed by atoms with Gasteiger partial charge in [-0.25, -0.2) is 0 Å². The van der Waals surface area contributed by atoms with E-state index in [0.29, 0.717) is 6.54 Å². The Kier molecular flexibility index (Phi) is 3.29. The molecule has 0 aromatic carbocycles. The van der Waals surface area contributed by atoms with Crippen LogP contribution in [-0.4, -0.2) is 23.7 Å². The second kappa shape index (κ2) is 4.26. The predicted molar refractivity (Wildman–Crippen MR) is 46.6 cm³/mol. The maximum atomic E-state index is 10.8. The van der Waals surface area contributed by atoms with Crippen molar-refractivity contribution < 1.29 is 9.90 Å². The van der Waals surface area contributed by atoms with E-state index in [9.17, 15) is 9.90 Å². The third-order valence-corrected chi connectivity index (χ3v) is 2.34. The van der Waals surface area contributed by atoms with Crippen LogP contribution in [0.5, 0.6) is 0 Å². The van der Waals surface area contributed by atoms with Gasteiger partial charge in [0.2, 0.25) is 5.91 Å². The van der Waals surface area contributed by atoms with Crippen LogP contribution in [-0.2, 0) is 4.79 Å². The van der Waals surface area contributed by atoms with E-state index >= 15 is 0 Å². The monoisotopic (exact) mass is 169 g/mol. The molecule has 0 aliphatic heterocycles. The van der Waals surface area contributed by atoms with Gasteiger partial charge in [-0.15, -0.1) is 0 Å². The molecule has 12 heavy (non-hydrogen) atoms. The van der Waals surface area contributed by atoms with Crippen molar-refractivity contribution in [2.45, 2.75) is 25.4 Å². The first-order valence-electron chi connectivity index (χ1n) is 4.32. The molecule has 0 aromatic heterocycles. The normalized spacial score (nSPS) is 28.4. The summed E-state index contributed by atoms with van der Waals surface area (Å²) in [6.07, 6.45) is 3.97. The molecule has 1 aliphatic rings. The topological polar surface area (TPSA) is 49.3 Å². The zero-order valence-corrected chi connectivity index (χ0v) is 7.12. The molecule has 2 N–H and O–H groups in total. The number of rotatable bonds is 3. The lowest BCUT2D eigenvalue weighted by atomic mass is 10.1. The summed E-state index contributed by atoms with van der Waals surface area (Å²) in [7, 11) is 0. The summed E-state index contributed by atoms with van der Waals surface area (Å²) < 4.78 is 0. The quantitative estimate of drug-likeness (QED) is 0.603. The minimum Gasteiger partial charge on any atom is -0.393 e. The van der Waals surface area contributed by atoms with Crippen LogP contribution in [0.1, 0.15) is 19.3 Å². The molecule has 0 saturated heterocycles. The molecule has 1 saturated carbocycles. The van der Waals surface area contributed by atoms with Crippen molar-refractivity contribution in [3.8, 4) is 0 Å². The smallest absolute Gasteiger partial charge is 0.243 e. The van der Waals surface area contributed by atoms with Crippen molar-refractivity contribution in [3.05, 3.63) is 12.7 Å². The number of hydrogen-bond donors (Lipinski definition) is 2. The van der Waals surface area contributed by atoms with E-state index < -0.39 is 0 Å². The van der Waals surface area contributed by atoms with E-state index in [1.54, 1.807) is 0 Å². The molecular weight excluding hydrogens is 154 g/mol. The molecule has 0 radical (unpaired) electrons. The van der Waals surface area contributed by atoms with Crippen molar-refractivity contribution in [1.29, 1.82) is 0 Å². The molecule has 1 rings (SSSR count). The molecular formula is C9H15NO2. The maximum Gasteiger partial charge on any atom is 0.243 e. The Balaban J connectivity index is 2.22. The summed E-state index contributed by atoms with van der Waals surface area (Å²) in [5.41, 5.74) is 0. The van der Waals surface area contributed by atoms with Crippen LogP contribution >= 0.6 is 0 Å². The minimum absolute atomic E-state index is 0.158. The van der Waals surface area contributed by atoms with Gasteiger partial charge in [-0.1, -0.05) is 13.0 Å². The van der Waals surface area contributed by atoms with Crippen LogP contribution < -0.4 is 5.32 Å². The summed E-state index contributed by atoms with van der Waals surface area (Å²) in [5.74, 6) is 0.0861. The van der Waals surface area contributed by atoms with E-state index in [2.05, 4.69) is 11.9 Å². The molecule has 1 fully saturated rings. The number of nitrogens with one attached hydrogen (secondary N) is 1. The van der Waals surface area contributed by atoms with Crippen LogP contribution in [0.25, 0.3) is 0 Å². The summed E-state index contributed by atoms with van der Waals surface area (Å²) >= 11 is 0. The van der Waals surface area contributed by atoms with Crippen molar-refractivity contribution >= 4 is 5.91 Å². The van der Waals surface area contributed by atoms with Crippen molar-refractivity contribution in [2.75, 3.05) is 6.54 Å². The van der Waals surface area contributed by atoms with Gasteiger partial charge < -0.3 is 10.4 Å². The molecule has 0 heterocycles. The van der Waals surface area contributed by atoms with Gasteiger partial charge in [-0.2, -0.15) is 0 Å². The number of hydrogen-bond acceptors (Lipinski definition) is 2. The highest BCUT2D eigenvalue weighted by molar-refractivity contribution is 5.86. The third-order valence-electron chi connectivity index (χ3n) is 2.34. The summed E-state index contributed by atoms with van der Waals surface area (Å²) in [5, 5.41) is 12.1. The van der Waals surface area contributed by atoms with Crippen molar-refractivity contribution in [1.82, 2.24) is 5.32 Å². The van der Waals surface area contributed by atoms with Gasteiger partial charge in [-0.3, -0.25) is 4.79 Å². The summed E-state index contributed by atoms with van der Waals surface area (Å²) in [4.78, 5) is 10.8. The van der Waals surface area contributed by atoms with Crippen LogP contribution in [0.15, 0.2) is 12.7 Å². The number of amides is 1. The average molecular weight is 169 g/mol. The Morgan fingerprint density at radius 2 is 2.42 bits per heavy atom. The lowest BCUT2D eigenvalue weighted by Gasteiger charge is -2.13. The molecule has 0 bridgehead atoms. The Labute approximate surface area is 72.5 Å². The van der Waals surface area contributed by atoms with E-state index in [1.807, 2.05) is 0 Å². The zero-order valence-electron chi connectivity index (χ0n) is 7.12. The standard InChI is InChI=1S/C9H15NO2/c1-2-9(12)10-6-7-4-3-5-8(7)11/h2,7-8,11H,1,3-6H2,(H,10,12)/t7-,8-/m1/s1. The van der Waals surface area contributed by atoms with Gasteiger partial charge in [0.25, 0.3) is 0 Å². The fraction of sp³-hybridized carbons (Fsp3) is 0.667. The van der Waals surface area contributed by atoms with Crippen molar-refractivity contribution in [3.63, 3.8) is 0 Å². The highest BCUT2D eigenvalue weighted by Gasteiger charge is 2.24. The first-order valence-corrected chi connectivity index (χ1v) is 4.32. The Hall–Kier alpha value is -0.830. The molecule has 0 spiro atoms. The lowest BCUT2D eigenvalue weighted by molar-refractivity contribution is -0.116. The molecule has 1 aliphatic carbocycles. The maximum absolute atomic E-state index is 10.8. The van der Waals surface area contributed by atoms with E-state index in [1.165, 1.54) is 6.08 Å². The number of carbonyl (C=O) groups excluding carboxylic acids is 1. The van der Waals surface area contributed by atoms with E-state index in [4.69, 9.17) is 0 Å². The van der Waals surface area contributed by atoms with Gasteiger partial charge >= 0.3 is 0 Å². The molecule has 2 atom stereocenters. The largest absolute Gasteiger partial charge is 0.393 e. The minimum atomic E-state index is -0.227. The van der Waals surface area contributed by atoms with Crippen LogP contribution in [0.2, 0.25) is 0 Å². The molecule has 3 heteroatoms. The highest BCUT2D eigenvalue weighted by atomic mass is 16.3. The van der Waals surface area contributed by atoms with Crippen LogP contribution in [0.3, 0.4) is 0 Å². The molecule has 3 nitrogen and oxygen atoms in total. The average Bonchev–Trinajstić information content (AvgIpc) is 2.47. The number of aliphatic hydroxyl groups excluding tert-OH is 1. The van der Waals surface area contributed by atoms with Crippen LogP contribution in [0, 0.1) is 5.92 Å². The van der Waals surface area contributed by atoms with Gasteiger partial charge in [0.15, 0.2) is 0 Å². The van der Waals surface area contributed by atoms with Gasteiger partial charge in [-0.05, 0) is 18.9 Å². The summed E-state index contributed by atoms with van der Waals surface area (Å²) in [6.45, 7) is 3.93. The fourth-order valence-electron chi connectivity index (χ4n) is 1.56.